The predicted molar refractivity (Wildman–Crippen MR) is 57.6 cm³/mol. The van der Waals surface area contributed by atoms with Gasteiger partial charge in [0.15, 0.2) is 0 Å². The zero-order chi connectivity index (χ0) is 9.97. The number of hydrogen-bond acceptors (Lipinski definition) is 2. The lowest BCUT2D eigenvalue weighted by atomic mass is 9.94. The summed E-state index contributed by atoms with van der Waals surface area (Å²) in [4.78, 5) is 0. The molecule has 1 fully saturated rings. The highest BCUT2D eigenvalue weighted by Gasteiger charge is 2.19. The molecule has 1 aromatic rings. The summed E-state index contributed by atoms with van der Waals surface area (Å²) in [6.45, 7) is 2.15. The second-order valence-electron chi connectivity index (χ2n) is 3.69. The van der Waals surface area contributed by atoms with E-state index >= 15 is 0 Å². The Labute approximate surface area is 88.9 Å². The van der Waals surface area contributed by atoms with Gasteiger partial charge in [0.1, 0.15) is 0 Å². The van der Waals surface area contributed by atoms with E-state index in [0.29, 0.717) is 10.9 Å². The maximum absolute atomic E-state index is 9.22. The molecule has 1 saturated heterocycles. The smallest absolute Gasteiger partial charge is 0.0685 e. The fourth-order valence-corrected chi connectivity index (χ4v) is 2.22. The fraction of sp³-hybridized carbons (Fsp3) is 0.455. The predicted octanol–water partition coefficient (Wildman–Crippen LogP) is 1.91. The van der Waals surface area contributed by atoms with Gasteiger partial charge < -0.3 is 10.4 Å². The van der Waals surface area contributed by atoms with Crippen LogP contribution in [0, 0.1) is 0 Å². The molecule has 1 heterocycles. The van der Waals surface area contributed by atoms with Crippen molar-refractivity contribution in [2.24, 2.45) is 0 Å². The normalized spacial score (nSPS) is 21.4. The van der Waals surface area contributed by atoms with Crippen LogP contribution in [0.2, 0.25) is 5.02 Å². The average molecular weight is 212 g/mol. The molecule has 0 amide bonds. The maximum atomic E-state index is 9.22. The van der Waals surface area contributed by atoms with Crippen molar-refractivity contribution in [2.75, 3.05) is 13.1 Å². The molecule has 1 aromatic carbocycles. The van der Waals surface area contributed by atoms with E-state index in [1.54, 1.807) is 0 Å². The molecule has 1 aliphatic heterocycles. The molecule has 0 aromatic heterocycles. The lowest BCUT2D eigenvalue weighted by Gasteiger charge is -2.13. The first-order chi connectivity index (χ1) is 6.81. The van der Waals surface area contributed by atoms with Gasteiger partial charge in [-0.15, -0.1) is 0 Å². The third-order valence-corrected chi connectivity index (χ3v) is 3.01. The van der Waals surface area contributed by atoms with Crippen molar-refractivity contribution in [3.05, 3.63) is 34.3 Å². The molecule has 0 radical (unpaired) electrons. The van der Waals surface area contributed by atoms with Crippen molar-refractivity contribution in [1.29, 1.82) is 0 Å². The van der Waals surface area contributed by atoms with Crippen LogP contribution in [0.5, 0.6) is 0 Å². The largest absolute Gasteiger partial charge is 0.392 e. The first kappa shape index (κ1) is 9.97. The summed E-state index contributed by atoms with van der Waals surface area (Å²) in [6.07, 6.45) is 1.15. The van der Waals surface area contributed by atoms with Gasteiger partial charge in [0, 0.05) is 11.6 Å². The molecular weight excluding hydrogens is 198 g/mol. The fourth-order valence-electron chi connectivity index (χ4n) is 2.03. The van der Waals surface area contributed by atoms with Crippen LogP contribution in [0.25, 0.3) is 0 Å². The minimum Gasteiger partial charge on any atom is -0.392 e. The van der Waals surface area contributed by atoms with Crippen LogP contribution in [0.1, 0.15) is 23.5 Å². The third-order valence-electron chi connectivity index (χ3n) is 2.78. The molecule has 1 aliphatic rings. The van der Waals surface area contributed by atoms with Crippen LogP contribution in [0.4, 0.5) is 0 Å². The van der Waals surface area contributed by atoms with Gasteiger partial charge in [-0.25, -0.2) is 0 Å². The Bertz CT molecular complexity index is 321. The SMILES string of the molecule is OCc1cc(Cl)ccc1C1CCNC1. The van der Waals surface area contributed by atoms with Crippen LogP contribution in [-0.2, 0) is 6.61 Å². The second kappa shape index (κ2) is 4.30. The summed E-state index contributed by atoms with van der Waals surface area (Å²) in [5, 5.41) is 13.2. The van der Waals surface area contributed by atoms with Crippen molar-refractivity contribution in [2.45, 2.75) is 18.9 Å². The van der Waals surface area contributed by atoms with Crippen LogP contribution < -0.4 is 5.32 Å². The number of aliphatic hydroxyl groups excluding tert-OH is 1. The molecule has 1 atom stereocenters. The van der Waals surface area contributed by atoms with Crippen molar-refractivity contribution < 1.29 is 5.11 Å². The Morgan fingerprint density at radius 2 is 2.36 bits per heavy atom. The van der Waals surface area contributed by atoms with Crippen molar-refractivity contribution in [1.82, 2.24) is 5.32 Å². The molecular formula is C11H14ClNO. The number of nitrogens with one attached hydrogen (secondary N) is 1. The molecule has 0 bridgehead atoms. The molecule has 2 N–H and O–H groups in total. The van der Waals surface area contributed by atoms with Gasteiger partial charge in [0.2, 0.25) is 0 Å². The van der Waals surface area contributed by atoms with Crippen LogP contribution in [0.3, 0.4) is 0 Å². The summed E-state index contributed by atoms with van der Waals surface area (Å²) in [7, 11) is 0. The molecule has 76 valence electrons. The second-order valence-corrected chi connectivity index (χ2v) is 4.13. The minimum absolute atomic E-state index is 0.0758. The monoisotopic (exact) mass is 211 g/mol. The quantitative estimate of drug-likeness (QED) is 0.784. The number of aliphatic hydroxyl groups is 1. The van der Waals surface area contributed by atoms with Crippen LogP contribution >= 0.6 is 11.6 Å². The van der Waals surface area contributed by atoms with Crippen LogP contribution in [-0.4, -0.2) is 18.2 Å². The van der Waals surface area contributed by atoms with Crippen LogP contribution in [0.15, 0.2) is 18.2 Å². The van der Waals surface area contributed by atoms with E-state index < -0.39 is 0 Å². The first-order valence-corrected chi connectivity index (χ1v) is 5.29. The van der Waals surface area contributed by atoms with E-state index in [9.17, 15) is 5.11 Å². The molecule has 2 rings (SSSR count). The van der Waals surface area contributed by atoms with Gasteiger partial charge in [-0.2, -0.15) is 0 Å². The van der Waals surface area contributed by atoms with Crippen molar-refractivity contribution in [3.63, 3.8) is 0 Å². The Balaban J connectivity index is 2.31. The lowest BCUT2D eigenvalue weighted by Crippen LogP contribution is -2.09. The Hall–Kier alpha value is -0.570. The van der Waals surface area contributed by atoms with Crippen molar-refractivity contribution in [3.8, 4) is 0 Å². The van der Waals surface area contributed by atoms with Gasteiger partial charge in [-0.3, -0.25) is 0 Å². The topological polar surface area (TPSA) is 32.3 Å². The molecule has 14 heavy (non-hydrogen) atoms. The van der Waals surface area contributed by atoms with E-state index in [2.05, 4.69) is 5.32 Å². The zero-order valence-electron chi connectivity index (χ0n) is 7.96. The Morgan fingerprint density at radius 1 is 1.50 bits per heavy atom. The van der Waals surface area contributed by atoms with Gasteiger partial charge in [0.25, 0.3) is 0 Å². The number of halogens is 1. The summed E-state index contributed by atoms with van der Waals surface area (Å²) in [6, 6.07) is 5.79. The maximum Gasteiger partial charge on any atom is 0.0685 e. The molecule has 0 spiro atoms. The van der Waals surface area contributed by atoms with E-state index in [-0.39, 0.29) is 6.61 Å². The zero-order valence-corrected chi connectivity index (χ0v) is 8.72. The molecule has 3 heteroatoms. The van der Waals surface area contributed by atoms with E-state index in [4.69, 9.17) is 11.6 Å². The van der Waals surface area contributed by atoms with Gasteiger partial charge in [0.05, 0.1) is 6.61 Å². The molecule has 1 unspecified atom stereocenters. The Kier molecular flexibility index (Phi) is 3.06. The summed E-state index contributed by atoms with van der Waals surface area (Å²) in [5.74, 6) is 0.536. The van der Waals surface area contributed by atoms with Gasteiger partial charge in [-0.1, -0.05) is 17.7 Å². The highest BCUT2D eigenvalue weighted by Crippen LogP contribution is 2.27. The lowest BCUT2D eigenvalue weighted by molar-refractivity contribution is 0.280. The highest BCUT2D eigenvalue weighted by atomic mass is 35.5. The number of hydrogen-bond donors (Lipinski definition) is 2. The third kappa shape index (κ3) is 1.92. The van der Waals surface area contributed by atoms with E-state index in [1.165, 1.54) is 5.56 Å². The first-order valence-electron chi connectivity index (χ1n) is 4.91. The molecule has 2 nitrogen and oxygen atoms in total. The number of rotatable bonds is 2. The van der Waals surface area contributed by atoms with Gasteiger partial charge >= 0.3 is 0 Å². The molecule has 0 aliphatic carbocycles. The standard InChI is InChI=1S/C11H14ClNO/c12-10-1-2-11(9(5-10)7-14)8-3-4-13-6-8/h1-2,5,8,13-14H,3-4,6-7H2. The summed E-state index contributed by atoms with van der Waals surface area (Å²) in [5.41, 5.74) is 2.20. The van der Waals surface area contributed by atoms with E-state index in [0.717, 1.165) is 25.1 Å². The summed E-state index contributed by atoms with van der Waals surface area (Å²) < 4.78 is 0. The van der Waals surface area contributed by atoms with Crippen molar-refractivity contribution >= 4 is 11.6 Å². The average Bonchev–Trinajstić information content (AvgIpc) is 2.70. The minimum atomic E-state index is 0.0758. The van der Waals surface area contributed by atoms with Gasteiger partial charge in [-0.05, 0) is 42.1 Å². The Morgan fingerprint density at radius 3 is 3.00 bits per heavy atom. The summed E-state index contributed by atoms with van der Waals surface area (Å²) >= 11 is 5.88. The molecule has 0 saturated carbocycles. The number of benzene rings is 1. The highest BCUT2D eigenvalue weighted by molar-refractivity contribution is 6.30. The van der Waals surface area contributed by atoms with E-state index in [1.807, 2.05) is 18.2 Å².